The predicted molar refractivity (Wildman–Crippen MR) is 62.8 cm³/mol. The summed E-state index contributed by atoms with van der Waals surface area (Å²) in [5.41, 5.74) is 0.451. The normalized spacial score (nSPS) is 36.2. The van der Waals surface area contributed by atoms with Crippen molar-refractivity contribution in [2.45, 2.75) is 70.4 Å². The predicted octanol–water partition coefficient (Wildman–Crippen LogP) is 2.46. The van der Waals surface area contributed by atoms with Crippen LogP contribution in [0.5, 0.6) is 0 Å². The molecule has 88 valence electrons. The van der Waals surface area contributed by atoms with Crippen LogP contribution in [0.15, 0.2) is 0 Å². The van der Waals surface area contributed by atoms with Gasteiger partial charge in [0.15, 0.2) is 0 Å². The summed E-state index contributed by atoms with van der Waals surface area (Å²) in [5.74, 6) is 0. The lowest BCUT2D eigenvalue weighted by atomic mass is 9.87. The van der Waals surface area contributed by atoms with Crippen molar-refractivity contribution in [1.82, 2.24) is 5.32 Å². The molecule has 0 heterocycles. The molecule has 1 atom stereocenters. The molecule has 2 fully saturated rings. The minimum absolute atomic E-state index is 0.0402. The van der Waals surface area contributed by atoms with Crippen molar-refractivity contribution in [1.29, 1.82) is 0 Å². The van der Waals surface area contributed by atoms with E-state index >= 15 is 0 Å². The minimum Gasteiger partial charge on any atom is -0.394 e. The number of aliphatic hydroxyl groups is 1. The first-order valence-electron chi connectivity index (χ1n) is 6.44. The quantitative estimate of drug-likeness (QED) is 0.751. The number of hydrogen-bond donors (Lipinski definition) is 2. The molecule has 0 aromatic carbocycles. The van der Waals surface area contributed by atoms with E-state index in [1.165, 1.54) is 32.1 Å². The van der Waals surface area contributed by atoms with Crippen molar-refractivity contribution in [3.05, 3.63) is 0 Å². The second-order valence-corrected chi connectivity index (χ2v) is 6.41. The topological polar surface area (TPSA) is 32.3 Å². The second kappa shape index (κ2) is 4.06. The average molecular weight is 211 g/mol. The van der Waals surface area contributed by atoms with Crippen molar-refractivity contribution in [2.75, 3.05) is 6.61 Å². The van der Waals surface area contributed by atoms with E-state index in [1.807, 2.05) is 0 Å². The molecule has 0 aliphatic heterocycles. The summed E-state index contributed by atoms with van der Waals surface area (Å²) < 4.78 is 0. The first-order chi connectivity index (χ1) is 7.05. The van der Waals surface area contributed by atoms with Crippen molar-refractivity contribution in [3.8, 4) is 0 Å². The van der Waals surface area contributed by atoms with Crippen molar-refractivity contribution >= 4 is 0 Å². The van der Waals surface area contributed by atoms with Crippen LogP contribution < -0.4 is 5.32 Å². The molecule has 2 nitrogen and oxygen atoms in total. The summed E-state index contributed by atoms with van der Waals surface area (Å²) in [6, 6.07) is 0.672. The lowest BCUT2D eigenvalue weighted by molar-refractivity contribution is 0.140. The van der Waals surface area contributed by atoms with Gasteiger partial charge < -0.3 is 10.4 Å². The Balaban J connectivity index is 1.96. The first-order valence-corrected chi connectivity index (χ1v) is 6.44. The third kappa shape index (κ3) is 2.54. The summed E-state index contributed by atoms with van der Waals surface area (Å²) in [5, 5.41) is 13.4. The van der Waals surface area contributed by atoms with Gasteiger partial charge in [-0.2, -0.15) is 0 Å². The van der Waals surface area contributed by atoms with Gasteiger partial charge in [-0.3, -0.25) is 0 Å². The van der Waals surface area contributed by atoms with Crippen LogP contribution in [-0.2, 0) is 0 Å². The highest BCUT2D eigenvalue weighted by Crippen LogP contribution is 2.44. The molecule has 15 heavy (non-hydrogen) atoms. The molecule has 0 bridgehead atoms. The zero-order chi connectivity index (χ0) is 10.9. The Bertz CT molecular complexity index is 221. The molecule has 2 aliphatic rings. The Morgan fingerprint density at radius 1 is 1.20 bits per heavy atom. The maximum absolute atomic E-state index is 9.65. The van der Waals surface area contributed by atoms with Gasteiger partial charge >= 0.3 is 0 Å². The molecule has 2 rings (SSSR count). The van der Waals surface area contributed by atoms with E-state index in [0.29, 0.717) is 18.1 Å². The molecule has 2 saturated carbocycles. The van der Waals surface area contributed by atoms with Crippen LogP contribution in [-0.4, -0.2) is 23.3 Å². The van der Waals surface area contributed by atoms with Crippen LogP contribution in [0, 0.1) is 5.41 Å². The molecule has 0 saturated heterocycles. The molecule has 0 amide bonds. The van der Waals surface area contributed by atoms with Crippen LogP contribution in [0.4, 0.5) is 0 Å². The van der Waals surface area contributed by atoms with Crippen LogP contribution in [0.25, 0.3) is 0 Å². The molecule has 0 aromatic heterocycles. The standard InChI is InChI=1S/C13H25NO/c1-12(2)7-8-13(9-12,10-15)14-11-5-3-4-6-11/h11,14-15H,3-10H2,1-2H3. The van der Waals surface area contributed by atoms with Gasteiger partial charge in [-0.25, -0.2) is 0 Å². The maximum atomic E-state index is 9.65. The largest absolute Gasteiger partial charge is 0.394 e. The van der Waals surface area contributed by atoms with Crippen molar-refractivity contribution in [3.63, 3.8) is 0 Å². The smallest absolute Gasteiger partial charge is 0.0613 e. The highest BCUT2D eigenvalue weighted by atomic mass is 16.3. The zero-order valence-electron chi connectivity index (χ0n) is 10.2. The fourth-order valence-corrected chi connectivity index (χ4v) is 3.48. The SMILES string of the molecule is CC1(C)CCC(CO)(NC2CCCC2)C1. The van der Waals surface area contributed by atoms with Gasteiger partial charge in [0.2, 0.25) is 0 Å². The van der Waals surface area contributed by atoms with Gasteiger partial charge in [0, 0.05) is 11.6 Å². The molecule has 0 spiro atoms. The molecule has 2 heteroatoms. The zero-order valence-corrected chi connectivity index (χ0v) is 10.2. The summed E-state index contributed by atoms with van der Waals surface area (Å²) in [6.07, 6.45) is 8.86. The fraction of sp³-hybridized carbons (Fsp3) is 1.00. The lowest BCUT2D eigenvalue weighted by Gasteiger charge is -2.33. The molecular weight excluding hydrogens is 186 g/mol. The second-order valence-electron chi connectivity index (χ2n) is 6.41. The molecule has 2 aliphatic carbocycles. The molecular formula is C13H25NO. The number of nitrogens with one attached hydrogen (secondary N) is 1. The highest BCUT2D eigenvalue weighted by Gasteiger charge is 2.43. The Hall–Kier alpha value is -0.0800. The minimum atomic E-state index is 0.0402. The van der Waals surface area contributed by atoms with Crippen LogP contribution in [0.2, 0.25) is 0 Å². The Morgan fingerprint density at radius 3 is 2.33 bits per heavy atom. The van der Waals surface area contributed by atoms with E-state index in [0.717, 1.165) is 12.8 Å². The number of rotatable bonds is 3. The third-order valence-electron chi connectivity index (χ3n) is 4.27. The van der Waals surface area contributed by atoms with Gasteiger partial charge in [0.25, 0.3) is 0 Å². The van der Waals surface area contributed by atoms with E-state index in [9.17, 15) is 5.11 Å². The van der Waals surface area contributed by atoms with Crippen molar-refractivity contribution < 1.29 is 5.11 Å². The average Bonchev–Trinajstić information content (AvgIpc) is 2.75. The van der Waals surface area contributed by atoms with Gasteiger partial charge in [0.05, 0.1) is 6.61 Å². The van der Waals surface area contributed by atoms with Crippen LogP contribution >= 0.6 is 0 Å². The van der Waals surface area contributed by atoms with Gasteiger partial charge in [-0.15, -0.1) is 0 Å². The van der Waals surface area contributed by atoms with E-state index in [-0.39, 0.29) is 5.54 Å². The molecule has 0 aromatic rings. The van der Waals surface area contributed by atoms with Gasteiger partial charge in [-0.05, 0) is 37.5 Å². The van der Waals surface area contributed by atoms with Crippen molar-refractivity contribution in [2.24, 2.45) is 5.41 Å². The Labute approximate surface area is 93.5 Å². The molecule has 1 unspecified atom stereocenters. The summed E-state index contributed by atoms with van der Waals surface area (Å²) in [4.78, 5) is 0. The summed E-state index contributed by atoms with van der Waals surface area (Å²) in [7, 11) is 0. The molecule has 2 N–H and O–H groups in total. The summed E-state index contributed by atoms with van der Waals surface area (Å²) in [6.45, 7) is 4.95. The number of hydrogen-bond acceptors (Lipinski definition) is 2. The maximum Gasteiger partial charge on any atom is 0.0613 e. The Kier molecular flexibility index (Phi) is 3.09. The van der Waals surface area contributed by atoms with E-state index in [4.69, 9.17) is 0 Å². The fourth-order valence-electron chi connectivity index (χ4n) is 3.48. The van der Waals surface area contributed by atoms with Crippen LogP contribution in [0.3, 0.4) is 0 Å². The first kappa shape index (κ1) is 11.4. The van der Waals surface area contributed by atoms with Gasteiger partial charge in [0.1, 0.15) is 0 Å². The molecule has 0 radical (unpaired) electrons. The monoisotopic (exact) mass is 211 g/mol. The van der Waals surface area contributed by atoms with E-state index in [1.54, 1.807) is 0 Å². The Morgan fingerprint density at radius 2 is 1.87 bits per heavy atom. The van der Waals surface area contributed by atoms with E-state index in [2.05, 4.69) is 19.2 Å². The van der Waals surface area contributed by atoms with Gasteiger partial charge in [-0.1, -0.05) is 26.7 Å². The third-order valence-corrected chi connectivity index (χ3v) is 4.27. The lowest BCUT2D eigenvalue weighted by Crippen LogP contribution is -2.51. The summed E-state index contributed by atoms with van der Waals surface area (Å²) >= 11 is 0. The van der Waals surface area contributed by atoms with E-state index < -0.39 is 0 Å². The highest BCUT2D eigenvalue weighted by molar-refractivity contribution is 5.01. The number of aliphatic hydroxyl groups excluding tert-OH is 1. The van der Waals surface area contributed by atoms with Crippen LogP contribution in [0.1, 0.15) is 58.8 Å².